The first-order valence-electron chi connectivity index (χ1n) is 9.79. The molecule has 0 radical (unpaired) electrons. The largest absolute Gasteiger partial charge is 0.357 e. The van der Waals surface area contributed by atoms with Crippen LogP contribution in [0.3, 0.4) is 0 Å². The van der Waals surface area contributed by atoms with Crippen molar-refractivity contribution in [2.75, 3.05) is 14.1 Å². The van der Waals surface area contributed by atoms with Crippen molar-refractivity contribution in [2.24, 2.45) is 5.73 Å². The highest BCUT2D eigenvalue weighted by Gasteiger charge is 2.25. The number of hydrogen-bond donors (Lipinski definition) is 2. The van der Waals surface area contributed by atoms with Crippen molar-refractivity contribution in [3.63, 3.8) is 0 Å². The fraction of sp³-hybridized carbons (Fsp3) is 0.333. The molecule has 0 heterocycles. The lowest BCUT2D eigenvalue weighted by atomic mass is 9.99. The Kier molecular flexibility index (Phi) is 7.74. The zero-order chi connectivity index (χ0) is 21.4. The normalized spacial score (nSPS) is 12.6. The fourth-order valence-corrected chi connectivity index (χ4v) is 2.99. The Morgan fingerprint density at radius 2 is 1.66 bits per heavy atom. The van der Waals surface area contributed by atoms with E-state index in [0.29, 0.717) is 12.8 Å². The maximum atomic E-state index is 12.5. The number of hydrogen-bond acceptors (Lipinski definition) is 3. The van der Waals surface area contributed by atoms with Crippen molar-refractivity contribution >= 4 is 11.8 Å². The van der Waals surface area contributed by atoms with Crippen molar-refractivity contribution in [3.05, 3.63) is 72.3 Å². The summed E-state index contributed by atoms with van der Waals surface area (Å²) in [6.07, 6.45) is 4.27. The SMILES string of the molecule is CNC(=O)[C@@H](Cc1ccc(-c2ccccc2)cc1)N(C)C(=O)/C=C/CC(C)(C)N. The Morgan fingerprint density at radius 1 is 1.07 bits per heavy atom. The lowest BCUT2D eigenvalue weighted by Gasteiger charge is -2.26. The summed E-state index contributed by atoms with van der Waals surface area (Å²) in [6, 6.07) is 17.6. The van der Waals surface area contributed by atoms with Gasteiger partial charge in [0.1, 0.15) is 6.04 Å². The van der Waals surface area contributed by atoms with Gasteiger partial charge in [-0.15, -0.1) is 0 Å². The first-order valence-corrected chi connectivity index (χ1v) is 9.79. The summed E-state index contributed by atoms with van der Waals surface area (Å²) in [7, 11) is 3.23. The average Bonchev–Trinajstić information content (AvgIpc) is 2.71. The Hall–Kier alpha value is -2.92. The first-order chi connectivity index (χ1) is 13.7. The molecule has 0 saturated carbocycles. The molecule has 3 N–H and O–H groups in total. The minimum absolute atomic E-state index is 0.194. The Morgan fingerprint density at radius 3 is 2.21 bits per heavy atom. The molecular weight excluding hydrogens is 362 g/mol. The number of carbonyl (C=O) groups excluding carboxylic acids is 2. The molecular formula is C24H31N3O2. The van der Waals surface area contributed by atoms with Gasteiger partial charge in [0.05, 0.1) is 0 Å². The molecule has 2 rings (SSSR count). The third kappa shape index (κ3) is 6.88. The van der Waals surface area contributed by atoms with Crippen LogP contribution in [0.4, 0.5) is 0 Å². The minimum atomic E-state index is -0.592. The lowest BCUT2D eigenvalue weighted by Crippen LogP contribution is -2.47. The molecule has 154 valence electrons. The van der Waals surface area contributed by atoms with E-state index in [-0.39, 0.29) is 17.4 Å². The van der Waals surface area contributed by atoms with Crippen LogP contribution in [-0.4, -0.2) is 42.4 Å². The Bertz CT molecular complexity index is 837. The predicted molar refractivity (Wildman–Crippen MR) is 118 cm³/mol. The summed E-state index contributed by atoms with van der Waals surface area (Å²) in [5.41, 5.74) is 8.81. The highest BCUT2D eigenvalue weighted by Crippen LogP contribution is 2.20. The monoisotopic (exact) mass is 393 g/mol. The second kappa shape index (κ2) is 10.0. The molecule has 1 atom stereocenters. The van der Waals surface area contributed by atoms with E-state index in [1.165, 1.54) is 11.0 Å². The summed E-state index contributed by atoms with van der Waals surface area (Å²) in [5.74, 6) is -0.413. The van der Waals surface area contributed by atoms with Crippen molar-refractivity contribution in [3.8, 4) is 11.1 Å². The van der Waals surface area contributed by atoms with Gasteiger partial charge in [-0.1, -0.05) is 60.7 Å². The average molecular weight is 394 g/mol. The highest BCUT2D eigenvalue weighted by molar-refractivity contribution is 5.92. The number of carbonyl (C=O) groups is 2. The maximum absolute atomic E-state index is 12.5. The summed E-state index contributed by atoms with van der Waals surface area (Å²) in [4.78, 5) is 26.4. The topological polar surface area (TPSA) is 75.4 Å². The fourth-order valence-electron chi connectivity index (χ4n) is 2.99. The summed E-state index contributed by atoms with van der Waals surface area (Å²) >= 11 is 0. The van der Waals surface area contributed by atoms with Crippen molar-refractivity contribution in [2.45, 2.75) is 38.3 Å². The molecule has 0 aliphatic rings. The molecule has 0 unspecified atom stereocenters. The molecule has 2 aromatic carbocycles. The van der Waals surface area contributed by atoms with Crippen LogP contribution in [0.2, 0.25) is 0 Å². The third-order valence-electron chi connectivity index (χ3n) is 4.76. The zero-order valence-corrected chi connectivity index (χ0v) is 17.7. The van der Waals surface area contributed by atoms with Gasteiger partial charge < -0.3 is 16.0 Å². The summed E-state index contributed by atoms with van der Waals surface area (Å²) in [6.45, 7) is 3.80. The van der Waals surface area contributed by atoms with Gasteiger partial charge in [0.15, 0.2) is 0 Å². The van der Waals surface area contributed by atoms with Gasteiger partial charge in [0.25, 0.3) is 0 Å². The Balaban J connectivity index is 2.12. The van der Waals surface area contributed by atoms with E-state index in [2.05, 4.69) is 17.4 Å². The summed E-state index contributed by atoms with van der Waals surface area (Å²) in [5, 5.41) is 2.66. The number of benzene rings is 2. The second-order valence-corrected chi connectivity index (χ2v) is 7.94. The van der Waals surface area contributed by atoms with E-state index in [1.54, 1.807) is 20.2 Å². The first kappa shape index (κ1) is 22.4. The number of nitrogens with two attached hydrogens (primary N) is 1. The van der Waals surface area contributed by atoms with Gasteiger partial charge in [-0.3, -0.25) is 9.59 Å². The van der Waals surface area contributed by atoms with E-state index in [4.69, 9.17) is 5.73 Å². The number of likely N-dealkylation sites (N-methyl/N-ethyl adjacent to an activating group) is 2. The molecule has 5 heteroatoms. The number of nitrogens with one attached hydrogen (secondary N) is 1. The molecule has 29 heavy (non-hydrogen) atoms. The van der Waals surface area contributed by atoms with Gasteiger partial charge in [-0.05, 0) is 43.0 Å². The van der Waals surface area contributed by atoms with E-state index >= 15 is 0 Å². The molecule has 5 nitrogen and oxygen atoms in total. The van der Waals surface area contributed by atoms with Gasteiger partial charge in [-0.25, -0.2) is 0 Å². The van der Waals surface area contributed by atoms with Crippen LogP contribution in [-0.2, 0) is 16.0 Å². The van der Waals surface area contributed by atoms with Crippen LogP contribution in [0.15, 0.2) is 66.7 Å². The van der Waals surface area contributed by atoms with Crippen molar-refractivity contribution < 1.29 is 9.59 Å². The van der Waals surface area contributed by atoms with Gasteiger partial charge in [-0.2, -0.15) is 0 Å². The third-order valence-corrected chi connectivity index (χ3v) is 4.76. The molecule has 2 aromatic rings. The van der Waals surface area contributed by atoms with Gasteiger partial charge in [0, 0.05) is 26.1 Å². The number of rotatable bonds is 8. The van der Waals surface area contributed by atoms with Crippen LogP contribution >= 0.6 is 0 Å². The molecule has 0 spiro atoms. The standard InChI is InChI=1S/C24H31N3O2/c1-24(2,25)16-8-11-22(28)27(4)21(23(29)26-3)17-18-12-14-20(15-13-18)19-9-6-5-7-10-19/h5-15,21H,16-17,25H2,1-4H3,(H,26,29)/b11-8+/t21-/m1/s1. The van der Waals surface area contributed by atoms with Crippen LogP contribution < -0.4 is 11.1 Å². The maximum Gasteiger partial charge on any atom is 0.246 e. The van der Waals surface area contributed by atoms with E-state index in [0.717, 1.165) is 16.7 Å². The minimum Gasteiger partial charge on any atom is -0.357 e. The molecule has 0 bridgehead atoms. The van der Waals surface area contributed by atoms with E-state index < -0.39 is 6.04 Å². The van der Waals surface area contributed by atoms with Crippen LogP contribution in [0.5, 0.6) is 0 Å². The quantitative estimate of drug-likeness (QED) is 0.677. The molecule has 0 saturated heterocycles. The predicted octanol–water partition coefficient (Wildman–Crippen LogP) is 3.15. The van der Waals surface area contributed by atoms with Crippen LogP contribution in [0.1, 0.15) is 25.8 Å². The second-order valence-electron chi connectivity index (χ2n) is 7.94. The van der Waals surface area contributed by atoms with E-state index in [9.17, 15) is 9.59 Å². The molecule has 0 fully saturated rings. The lowest BCUT2D eigenvalue weighted by molar-refractivity contribution is -0.135. The van der Waals surface area contributed by atoms with E-state index in [1.807, 2.05) is 56.3 Å². The van der Waals surface area contributed by atoms with Crippen LogP contribution in [0.25, 0.3) is 11.1 Å². The summed E-state index contributed by atoms with van der Waals surface area (Å²) < 4.78 is 0. The van der Waals surface area contributed by atoms with Gasteiger partial charge in [0.2, 0.25) is 11.8 Å². The number of amides is 2. The Labute approximate surface area is 173 Å². The molecule has 0 aliphatic carbocycles. The van der Waals surface area contributed by atoms with Crippen molar-refractivity contribution in [1.82, 2.24) is 10.2 Å². The molecule has 0 aromatic heterocycles. The van der Waals surface area contributed by atoms with Gasteiger partial charge >= 0.3 is 0 Å². The number of nitrogens with zero attached hydrogens (tertiary/aromatic N) is 1. The molecule has 2 amide bonds. The smallest absolute Gasteiger partial charge is 0.246 e. The zero-order valence-electron chi connectivity index (χ0n) is 17.7. The van der Waals surface area contributed by atoms with Crippen LogP contribution in [0, 0.1) is 0 Å². The molecule has 0 aliphatic heterocycles. The highest BCUT2D eigenvalue weighted by atomic mass is 16.2. The van der Waals surface area contributed by atoms with Crippen molar-refractivity contribution in [1.29, 1.82) is 0 Å².